The van der Waals surface area contributed by atoms with Crippen LogP contribution in [0.15, 0.2) is 24.3 Å². The summed E-state index contributed by atoms with van der Waals surface area (Å²) in [7, 11) is 0. The molecule has 0 bridgehead atoms. The zero-order valence-corrected chi connectivity index (χ0v) is 14.1. The lowest BCUT2D eigenvalue weighted by Gasteiger charge is -2.39. The molecule has 0 aliphatic carbocycles. The van der Waals surface area contributed by atoms with Crippen LogP contribution in [-0.2, 0) is 9.59 Å². The molecule has 1 atom stereocenters. The minimum Gasteiger partial charge on any atom is -0.366 e. The van der Waals surface area contributed by atoms with Crippen molar-refractivity contribution in [1.29, 1.82) is 0 Å². The number of anilines is 1. The van der Waals surface area contributed by atoms with Crippen LogP contribution in [0.1, 0.15) is 19.8 Å². The van der Waals surface area contributed by atoms with Crippen molar-refractivity contribution in [3.63, 3.8) is 0 Å². The number of likely N-dealkylation sites (tertiary alicyclic amines) is 1. The zero-order chi connectivity index (χ0) is 17.1. The lowest BCUT2D eigenvalue weighted by molar-refractivity contribution is -0.140. The highest BCUT2D eigenvalue weighted by atomic mass is 19.1. The highest BCUT2D eigenvalue weighted by Crippen LogP contribution is 2.23. The van der Waals surface area contributed by atoms with E-state index in [0.29, 0.717) is 38.4 Å². The minimum atomic E-state index is -0.221. The summed E-state index contributed by atoms with van der Waals surface area (Å²) in [6, 6.07) is 6.75. The van der Waals surface area contributed by atoms with Crippen molar-refractivity contribution < 1.29 is 14.0 Å². The van der Waals surface area contributed by atoms with Gasteiger partial charge < -0.3 is 14.7 Å². The van der Waals surface area contributed by atoms with E-state index in [1.807, 2.05) is 15.9 Å². The van der Waals surface area contributed by atoms with Crippen molar-refractivity contribution in [1.82, 2.24) is 9.80 Å². The molecule has 24 heavy (non-hydrogen) atoms. The molecular formula is C18H24FN3O2. The SMILES string of the molecule is CC(=O)N1CCCC(C(=O)N2CCN(c3ccccc3F)CC2)C1. The maximum Gasteiger partial charge on any atom is 0.227 e. The van der Waals surface area contributed by atoms with Gasteiger partial charge >= 0.3 is 0 Å². The van der Waals surface area contributed by atoms with Crippen LogP contribution >= 0.6 is 0 Å². The number of carbonyl (C=O) groups excluding carboxylic acids is 2. The Bertz CT molecular complexity index is 614. The number of hydrogen-bond acceptors (Lipinski definition) is 3. The fraction of sp³-hybridized carbons (Fsp3) is 0.556. The molecule has 5 nitrogen and oxygen atoms in total. The number of benzene rings is 1. The van der Waals surface area contributed by atoms with Gasteiger partial charge in [-0.15, -0.1) is 0 Å². The molecule has 130 valence electrons. The molecular weight excluding hydrogens is 309 g/mol. The van der Waals surface area contributed by atoms with Crippen LogP contribution in [0.5, 0.6) is 0 Å². The number of halogens is 1. The Balaban J connectivity index is 1.57. The summed E-state index contributed by atoms with van der Waals surface area (Å²) in [6.07, 6.45) is 1.72. The monoisotopic (exact) mass is 333 g/mol. The quantitative estimate of drug-likeness (QED) is 0.828. The van der Waals surface area contributed by atoms with Crippen molar-refractivity contribution in [2.45, 2.75) is 19.8 Å². The summed E-state index contributed by atoms with van der Waals surface area (Å²) in [6.45, 7) is 5.31. The van der Waals surface area contributed by atoms with E-state index in [1.54, 1.807) is 24.0 Å². The first kappa shape index (κ1) is 16.7. The summed E-state index contributed by atoms with van der Waals surface area (Å²) in [5.41, 5.74) is 0.602. The first-order chi connectivity index (χ1) is 11.6. The van der Waals surface area contributed by atoms with E-state index in [0.717, 1.165) is 19.4 Å². The largest absolute Gasteiger partial charge is 0.366 e. The molecule has 1 aromatic rings. The molecule has 2 aliphatic rings. The van der Waals surface area contributed by atoms with Gasteiger partial charge in [0.05, 0.1) is 11.6 Å². The maximum atomic E-state index is 13.9. The second kappa shape index (κ2) is 7.20. The van der Waals surface area contributed by atoms with Crippen LogP contribution in [0.3, 0.4) is 0 Å². The molecule has 1 aromatic carbocycles. The van der Waals surface area contributed by atoms with E-state index in [9.17, 15) is 14.0 Å². The van der Waals surface area contributed by atoms with Crippen molar-refractivity contribution in [2.24, 2.45) is 5.92 Å². The van der Waals surface area contributed by atoms with Crippen molar-refractivity contribution in [3.8, 4) is 0 Å². The molecule has 3 rings (SSSR count). The molecule has 6 heteroatoms. The molecule has 1 unspecified atom stereocenters. The molecule has 2 heterocycles. The van der Waals surface area contributed by atoms with E-state index in [-0.39, 0.29) is 23.5 Å². The zero-order valence-electron chi connectivity index (χ0n) is 14.1. The van der Waals surface area contributed by atoms with E-state index < -0.39 is 0 Å². The van der Waals surface area contributed by atoms with Crippen molar-refractivity contribution in [2.75, 3.05) is 44.2 Å². The Morgan fingerprint density at radius 2 is 1.75 bits per heavy atom. The lowest BCUT2D eigenvalue weighted by atomic mass is 9.96. The normalized spacial score (nSPS) is 21.8. The number of rotatable bonds is 2. The molecule has 2 saturated heterocycles. The number of para-hydroxylation sites is 1. The standard InChI is InChI=1S/C18H24FN3O2/c1-14(23)22-8-4-5-15(13-22)18(24)21-11-9-20(10-12-21)17-7-3-2-6-16(17)19/h2-3,6-7,15H,4-5,8-13H2,1H3. The predicted molar refractivity (Wildman–Crippen MR) is 90.2 cm³/mol. The van der Waals surface area contributed by atoms with Gasteiger partial charge in [0.15, 0.2) is 0 Å². The molecule has 2 amide bonds. The fourth-order valence-electron chi connectivity index (χ4n) is 3.60. The Kier molecular flexibility index (Phi) is 5.02. The smallest absolute Gasteiger partial charge is 0.227 e. The van der Waals surface area contributed by atoms with E-state index in [2.05, 4.69) is 0 Å². The van der Waals surface area contributed by atoms with E-state index in [4.69, 9.17) is 0 Å². The topological polar surface area (TPSA) is 43.9 Å². The molecule has 0 aromatic heterocycles. The van der Waals surface area contributed by atoms with Gasteiger partial charge in [0.25, 0.3) is 0 Å². The van der Waals surface area contributed by atoms with Crippen LogP contribution in [0, 0.1) is 11.7 Å². The molecule has 0 saturated carbocycles. The predicted octanol–water partition coefficient (Wildman–Crippen LogP) is 1.73. The third kappa shape index (κ3) is 3.52. The van der Waals surface area contributed by atoms with Crippen molar-refractivity contribution >= 4 is 17.5 Å². The second-order valence-corrected chi connectivity index (χ2v) is 6.57. The summed E-state index contributed by atoms with van der Waals surface area (Å²) in [5, 5.41) is 0. The minimum absolute atomic E-state index is 0.0388. The van der Waals surface area contributed by atoms with Gasteiger partial charge in [-0.05, 0) is 25.0 Å². The van der Waals surface area contributed by atoms with Crippen LogP contribution in [0.2, 0.25) is 0 Å². The second-order valence-electron chi connectivity index (χ2n) is 6.57. The Morgan fingerprint density at radius 1 is 1.04 bits per heavy atom. The van der Waals surface area contributed by atoms with Crippen LogP contribution in [0.25, 0.3) is 0 Å². The highest BCUT2D eigenvalue weighted by molar-refractivity contribution is 5.81. The number of amides is 2. The van der Waals surface area contributed by atoms with Gasteiger partial charge in [0, 0.05) is 46.2 Å². The number of hydrogen-bond donors (Lipinski definition) is 0. The molecule has 0 radical (unpaired) electrons. The van der Waals surface area contributed by atoms with Gasteiger partial charge in [-0.1, -0.05) is 12.1 Å². The van der Waals surface area contributed by atoms with Gasteiger partial charge in [-0.2, -0.15) is 0 Å². The molecule has 2 fully saturated rings. The molecule has 2 aliphatic heterocycles. The van der Waals surface area contributed by atoms with Gasteiger partial charge in [-0.25, -0.2) is 4.39 Å². The molecule has 0 N–H and O–H groups in total. The number of nitrogens with zero attached hydrogens (tertiary/aromatic N) is 3. The fourth-order valence-corrected chi connectivity index (χ4v) is 3.60. The lowest BCUT2D eigenvalue weighted by Crippen LogP contribution is -2.53. The third-order valence-corrected chi connectivity index (χ3v) is 5.00. The summed E-state index contributed by atoms with van der Waals surface area (Å²) in [4.78, 5) is 29.9. The summed E-state index contributed by atoms with van der Waals surface area (Å²) >= 11 is 0. The van der Waals surface area contributed by atoms with Gasteiger partial charge in [-0.3, -0.25) is 9.59 Å². The first-order valence-corrected chi connectivity index (χ1v) is 8.60. The Hall–Kier alpha value is -2.11. The Labute approximate surface area is 142 Å². The maximum absolute atomic E-state index is 13.9. The van der Waals surface area contributed by atoms with Crippen molar-refractivity contribution in [3.05, 3.63) is 30.1 Å². The average Bonchev–Trinajstić information content (AvgIpc) is 2.62. The highest BCUT2D eigenvalue weighted by Gasteiger charge is 2.32. The average molecular weight is 333 g/mol. The van der Waals surface area contributed by atoms with Crippen LogP contribution < -0.4 is 4.90 Å². The molecule has 0 spiro atoms. The third-order valence-electron chi connectivity index (χ3n) is 5.00. The summed E-state index contributed by atoms with van der Waals surface area (Å²) < 4.78 is 13.9. The van der Waals surface area contributed by atoms with Gasteiger partial charge in [0.2, 0.25) is 11.8 Å². The van der Waals surface area contributed by atoms with Crippen LogP contribution in [0.4, 0.5) is 10.1 Å². The first-order valence-electron chi connectivity index (χ1n) is 8.60. The van der Waals surface area contributed by atoms with E-state index in [1.165, 1.54) is 6.07 Å². The number of carbonyl (C=O) groups is 2. The number of piperidine rings is 1. The van der Waals surface area contributed by atoms with E-state index >= 15 is 0 Å². The van der Waals surface area contributed by atoms with Gasteiger partial charge in [0.1, 0.15) is 5.82 Å². The van der Waals surface area contributed by atoms with Crippen LogP contribution in [-0.4, -0.2) is 60.9 Å². The summed E-state index contributed by atoms with van der Waals surface area (Å²) in [5.74, 6) is -0.143. The number of piperazine rings is 1. The Morgan fingerprint density at radius 3 is 2.42 bits per heavy atom.